The lowest BCUT2D eigenvalue weighted by molar-refractivity contribution is -0.132. The van der Waals surface area contributed by atoms with Gasteiger partial charge in [-0.1, -0.05) is 0 Å². The van der Waals surface area contributed by atoms with E-state index in [1.54, 1.807) is 0 Å². The van der Waals surface area contributed by atoms with Gasteiger partial charge in [-0.25, -0.2) is 0 Å². The molecule has 1 heterocycles. The third-order valence-electron chi connectivity index (χ3n) is 5.22. The van der Waals surface area contributed by atoms with Gasteiger partial charge in [0.1, 0.15) is 5.82 Å². The highest BCUT2D eigenvalue weighted by molar-refractivity contribution is 5.27. The Balaban J connectivity index is 1.43. The topological polar surface area (TPSA) is 63.9 Å². The Labute approximate surface area is 107 Å². The van der Waals surface area contributed by atoms with Crippen molar-refractivity contribution in [3.63, 3.8) is 0 Å². The molecule has 4 nitrogen and oxygen atoms in total. The Hall–Kier alpha value is -1.03. The van der Waals surface area contributed by atoms with E-state index >= 15 is 0 Å². The predicted octanol–water partition coefficient (Wildman–Crippen LogP) is 2.33. The molecule has 0 unspecified atom stereocenters. The third-order valence-corrected chi connectivity index (χ3v) is 5.22. The number of hydrogen-bond acceptors (Lipinski definition) is 3. The summed E-state index contributed by atoms with van der Waals surface area (Å²) >= 11 is 0. The van der Waals surface area contributed by atoms with E-state index < -0.39 is 0 Å². The predicted molar refractivity (Wildman–Crippen MR) is 68.6 cm³/mol. The first kappa shape index (κ1) is 10.9. The molecule has 0 spiro atoms. The standard InChI is InChI=1S/C14H21N3O/c15-13-6-12(16-17-13)7-18-14-10-2-8-1-9(4-10)5-11(14)3-8/h6,8-11,14H,1-5,7H2,(H3,15,16,17). The van der Waals surface area contributed by atoms with E-state index in [2.05, 4.69) is 10.2 Å². The zero-order valence-corrected chi connectivity index (χ0v) is 10.6. The molecule has 0 atom stereocenters. The van der Waals surface area contributed by atoms with Gasteiger partial charge in [0.15, 0.2) is 0 Å². The smallest absolute Gasteiger partial charge is 0.145 e. The van der Waals surface area contributed by atoms with Crippen molar-refractivity contribution < 1.29 is 4.74 Å². The lowest BCUT2D eigenvalue weighted by Gasteiger charge is -2.53. The van der Waals surface area contributed by atoms with Gasteiger partial charge in [-0.15, -0.1) is 0 Å². The second-order valence-electron chi connectivity index (χ2n) is 6.52. The molecule has 0 amide bonds. The number of hydrogen-bond donors (Lipinski definition) is 2. The van der Waals surface area contributed by atoms with Gasteiger partial charge in [-0.05, 0) is 55.8 Å². The molecule has 18 heavy (non-hydrogen) atoms. The van der Waals surface area contributed by atoms with Gasteiger partial charge in [-0.3, -0.25) is 5.10 Å². The van der Waals surface area contributed by atoms with Crippen LogP contribution in [0.2, 0.25) is 0 Å². The van der Waals surface area contributed by atoms with E-state index in [1.165, 1.54) is 32.1 Å². The SMILES string of the molecule is Nc1cc(COC2C3CC4CC(C3)CC2C4)[nH]n1. The molecule has 4 aliphatic rings. The Kier molecular flexibility index (Phi) is 2.40. The Morgan fingerprint density at radius 1 is 1.17 bits per heavy atom. The van der Waals surface area contributed by atoms with Crippen molar-refractivity contribution in [2.75, 3.05) is 5.73 Å². The van der Waals surface area contributed by atoms with Gasteiger partial charge < -0.3 is 10.5 Å². The monoisotopic (exact) mass is 247 g/mol. The minimum absolute atomic E-state index is 0.488. The molecule has 1 aromatic rings. The summed E-state index contributed by atoms with van der Waals surface area (Å²) in [4.78, 5) is 0. The van der Waals surface area contributed by atoms with Gasteiger partial charge >= 0.3 is 0 Å². The fourth-order valence-corrected chi connectivity index (χ4v) is 4.79. The van der Waals surface area contributed by atoms with Gasteiger partial charge in [0, 0.05) is 6.07 Å². The van der Waals surface area contributed by atoms with E-state index in [0.29, 0.717) is 18.5 Å². The van der Waals surface area contributed by atoms with E-state index in [9.17, 15) is 0 Å². The summed E-state index contributed by atoms with van der Waals surface area (Å²) in [6, 6.07) is 1.87. The number of aromatic amines is 1. The number of nitrogens with one attached hydrogen (secondary N) is 1. The second kappa shape index (κ2) is 3.98. The van der Waals surface area contributed by atoms with Crippen molar-refractivity contribution in [2.45, 2.75) is 44.8 Å². The first-order chi connectivity index (χ1) is 8.78. The van der Waals surface area contributed by atoms with Crippen LogP contribution in [-0.2, 0) is 11.3 Å². The van der Waals surface area contributed by atoms with Crippen LogP contribution in [0.25, 0.3) is 0 Å². The van der Waals surface area contributed by atoms with Crippen molar-refractivity contribution in [3.8, 4) is 0 Å². The number of ether oxygens (including phenoxy) is 1. The lowest BCUT2D eigenvalue weighted by Crippen LogP contribution is -2.49. The summed E-state index contributed by atoms with van der Waals surface area (Å²) in [5.74, 6) is 4.21. The molecule has 4 saturated carbocycles. The van der Waals surface area contributed by atoms with Crippen LogP contribution >= 0.6 is 0 Å². The Bertz CT molecular complexity index is 414. The third kappa shape index (κ3) is 1.74. The average molecular weight is 247 g/mol. The van der Waals surface area contributed by atoms with E-state index in [1.807, 2.05) is 6.07 Å². The highest BCUT2D eigenvalue weighted by Gasteiger charge is 2.48. The minimum Gasteiger partial charge on any atom is -0.382 e. The maximum Gasteiger partial charge on any atom is 0.145 e. The average Bonchev–Trinajstić information content (AvgIpc) is 2.73. The molecular formula is C14H21N3O. The molecule has 4 bridgehead atoms. The maximum atomic E-state index is 6.19. The molecule has 98 valence electrons. The normalized spacial score (nSPS) is 41.4. The molecule has 5 rings (SSSR count). The lowest BCUT2D eigenvalue weighted by atomic mass is 9.55. The highest BCUT2D eigenvalue weighted by Crippen LogP contribution is 2.54. The zero-order chi connectivity index (χ0) is 12.1. The van der Waals surface area contributed by atoms with E-state index in [4.69, 9.17) is 10.5 Å². The molecule has 0 radical (unpaired) electrons. The van der Waals surface area contributed by atoms with Crippen LogP contribution in [0.5, 0.6) is 0 Å². The number of nitrogen functional groups attached to an aromatic ring is 1. The molecule has 0 aromatic carbocycles. The van der Waals surface area contributed by atoms with Crippen molar-refractivity contribution in [2.24, 2.45) is 23.7 Å². The van der Waals surface area contributed by atoms with Crippen LogP contribution < -0.4 is 5.73 Å². The van der Waals surface area contributed by atoms with Gasteiger partial charge in [0.2, 0.25) is 0 Å². The number of aromatic nitrogens is 2. The van der Waals surface area contributed by atoms with Gasteiger partial charge in [0.25, 0.3) is 0 Å². The van der Waals surface area contributed by atoms with Crippen LogP contribution in [0, 0.1) is 23.7 Å². The summed E-state index contributed by atoms with van der Waals surface area (Å²) in [6.07, 6.45) is 7.61. The van der Waals surface area contributed by atoms with Crippen molar-refractivity contribution in [3.05, 3.63) is 11.8 Å². The first-order valence-corrected chi connectivity index (χ1v) is 7.19. The highest BCUT2D eigenvalue weighted by atomic mass is 16.5. The van der Waals surface area contributed by atoms with Crippen LogP contribution in [0.3, 0.4) is 0 Å². The fourth-order valence-electron chi connectivity index (χ4n) is 4.79. The Morgan fingerprint density at radius 3 is 2.39 bits per heavy atom. The van der Waals surface area contributed by atoms with Crippen LogP contribution in [0.15, 0.2) is 6.07 Å². The van der Waals surface area contributed by atoms with Crippen molar-refractivity contribution in [1.29, 1.82) is 0 Å². The molecule has 1 aromatic heterocycles. The molecule has 0 aliphatic heterocycles. The summed E-state index contributed by atoms with van der Waals surface area (Å²) in [5.41, 5.74) is 6.61. The minimum atomic E-state index is 0.488. The molecule has 4 heteroatoms. The Morgan fingerprint density at radius 2 is 1.83 bits per heavy atom. The van der Waals surface area contributed by atoms with Crippen LogP contribution in [0.4, 0.5) is 5.82 Å². The van der Waals surface area contributed by atoms with Crippen LogP contribution in [0.1, 0.15) is 37.8 Å². The molecule has 4 aliphatic carbocycles. The first-order valence-electron chi connectivity index (χ1n) is 7.19. The maximum absolute atomic E-state index is 6.19. The van der Waals surface area contributed by atoms with Gasteiger partial charge in [-0.2, -0.15) is 5.10 Å². The summed E-state index contributed by atoms with van der Waals surface area (Å²) < 4.78 is 6.19. The zero-order valence-electron chi connectivity index (χ0n) is 10.6. The second-order valence-corrected chi connectivity index (χ2v) is 6.52. The molecule has 3 N–H and O–H groups in total. The van der Waals surface area contributed by atoms with Crippen LogP contribution in [-0.4, -0.2) is 16.3 Å². The number of anilines is 1. The summed E-state index contributed by atoms with van der Waals surface area (Å²) in [5, 5.41) is 6.87. The van der Waals surface area contributed by atoms with Crippen molar-refractivity contribution in [1.82, 2.24) is 10.2 Å². The quantitative estimate of drug-likeness (QED) is 0.861. The largest absolute Gasteiger partial charge is 0.382 e. The number of nitrogens with two attached hydrogens (primary N) is 1. The molecule has 0 saturated heterocycles. The number of H-pyrrole nitrogens is 1. The van der Waals surface area contributed by atoms with Gasteiger partial charge in [0.05, 0.1) is 18.4 Å². The number of nitrogens with zero attached hydrogens (tertiary/aromatic N) is 1. The molecular weight excluding hydrogens is 226 g/mol. The fraction of sp³-hybridized carbons (Fsp3) is 0.786. The summed E-state index contributed by atoms with van der Waals surface area (Å²) in [7, 11) is 0. The van der Waals surface area contributed by atoms with Crippen molar-refractivity contribution >= 4 is 5.82 Å². The summed E-state index contributed by atoms with van der Waals surface area (Å²) in [6.45, 7) is 0.636. The molecule has 4 fully saturated rings. The van der Waals surface area contributed by atoms with E-state index in [0.717, 1.165) is 29.4 Å². The number of rotatable bonds is 3. The van der Waals surface area contributed by atoms with E-state index in [-0.39, 0.29) is 0 Å².